The maximum atomic E-state index is 13.3. The maximum absolute atomic E-state index is 13.3. The molecule has 3 aromatic rings. The number of hydrogen-bond acceptors (Lipinski definition) is 5. The van der Waals surface area contributed by atoms with Gasteiger partial charge in [0.05, 0.1) is 12.7 Å². The number of sulfonamides is 1. The number of aromatic nitrogens is 1. The van der Waals surface area contributed by atoms with Crippen LogP contribution >= 0.6 is 0 Å². The van der Waals surface area contributed by atoms with E-state index in [0.29, 0.717) is 25.3 Å². The molecule has 176 valence electrons. The quantitative estimate of drug-likeness (QED) is 0.531. The zero-order valence-corrected chi connectivity index (χ0v) is 19.5. The van der Waals surface area contributed by atoms with E-state index < -0.39 is 10.4 Å². The summed E-state index contributed by atoms with van der Waals surface area (Å²) in [5.41, 5.74) is 1.60. The van der Waals surface area contributed by atoms with Crippen molar-refractivity contribution >= 4 is 27.8 Å². The van der Waals surface area contributed by atoms with Crippen LogP contribution in [0.1, 0.15) is 0 Å². The van der Waals surface area contributed by atoms with E-state index in [1.165, 1.54) is 6.20 Å². The number of amides is 2. The molecule has 34 heavy (non-hydrogen) atoms. The van der Waals surface area contributed by atoms with E-state index in [-0.39, 0.29) is 22.3 Å². The predicted molar refractivity (Wildman–Crippen MR) is 131 cm³/mol. The molecular formula is C25H27N5O3S. The Hall–Kier alpha value is -3.27. The number of nitrogens with one attached hydrogen (secondary N) is 2. The van der Waals surface area contributed by atoms with Crippen molar-refractivity contribution in [1.29, 1.82) is 0 Å². The number of rotatable bonds is 6. The third-order valence-electron chi connectivity index (χ3n) is 6.73. The highest BCUT2D eigenvalue weighted by atomic mass is 32.3. The second kappa shape index (κ2) is 9.17. The normalized spacial score (nSPS) is 21.0. The molecule has 0 saturated carbocycles. The van der Waals surface area contributed by atoms with Crippen LogP contribution in [0.25, 0.3) is 0 Å². The van der Waals surface area contributed by atoms with Gasteiger partial charge in [0.2, 0.25) is 0 Å². The Bertz CT molecular complexity index is 1170. The van der Waals surface area contributed by atoms with Crippen molar-refractivity contribution in [2.24, 2.45) is 11.3 Å². The van der Waals surface area contributed by atoms with Crippen molar-refractivity contribution in [1.82, 2.24) is 14.6 Å². The highest BCUT2D eigenvalue weighted by Gasteiger charge is 2.58. The van der Waals surface area contributed by atoms with E-state index in [4.69, 9.17) is 0 Å². The molecule has 8 nitrogen and oxygen atoms in total. The lowest BCUT2D eigenvalue weighted by Crippen LogP contribution is -2.62. The number of anilines is 2. The van der Waals surface area contributed by atoms with Gasteiger partial charge in [-0.05, 0) is 36.4 Å². The van der Waals surface area contributed by atoms with Gasteiger partial charge < -0.3 is 20.1 Å². The van der Waals surface area contributed by atoms with Crippen molar-refractivity contribution in [2.45, 2.75) is 4.90 Å². The zero-order valence-electron chi connectivity index (χ0n) is 18.7. The Morgan fingerprint density at radius 1 is 1.03 bits per heavy atom. The molecule has 2 fully saturated rings. The molecule has 9 heteroatoms. The Morgan fingerprint density at radius 3 is 2.41 bits per heavy atom. The van der Waals surface area contributed by atoms with Gasteiger partial charge in [0.25, 0.3) is 0 Å². The number of carbonyl (C=O) groups is 1. The van der Waals surface area contributed by atoms with Gasteiger partial charge in [-0.1, -0.05) is 40.6 Å². The molecule has 3 heterocycles. The van der Waals surface area contributed by atoms with Crippen molar-refractivity contribution in [3.8, 4) is 0 Å². The van der Waals surface area contributed by atoms with Gasteiger partial charge >= 0.3 is 6.03 Å². The van der Waals surface area contributed by atoms with Crippen molar-refractivity contribution in [3.63, 3.8) is 0 Å². The van der Waals surface area contributed by atoms with Gasteiger partial charge in [-0.25, -0.2) is 4.79 Å². The number of urea groups is 1. The van der Waals surface area contributed by atoms with Gasteiger partial charge in [-0.2, -0.15) is 0 Å². The first-order chi connectivity index (χ1) is 16.5. The number of carbonyl (C=O) groups excluding carboxylic acids is 1. The summed E-state index contributed by atoms with van der Waals surface area (Å²) in [5, 5.41) is 5.79. The smallest absolute Gasteiger partial charge is 0.319 e. The number of para-hydroxylation sites is 2. The third-order valence-corrected chi connectivity index (χ3v) is 8.52. The lowest BCUT2D eigenvalue weighted by Gasteiger charge is -2.52. The van der Waals surface area contributed by atoms with Crippen LogP contribution in [-0.2, 0) is 14.6 Å². The second-order valence-electron chi connectivity index (χ2n) is 8.94. The average molecular weight is 478 g/mol. The monoisotopic (exact) mass is 477 g/mol. The minimum absolute atomic E-state index is 0.0135. The molecule has 2 aliphatic rings. The van der Waals surface area contributed by atoms with Crippen LogP contribution in [0.5, 0.6) is 0 Å². The first-order valence-electron chi connectivity index (χ1n) is 11.3. The number of hydrogen-bond donors (Lipinski definition) is 2. The van der Waals surface area contributed by atoms with E-state index in [2.05, 4.69) is 32.7 Å². The van der Waals surface area contributed by atoms with Crippen LogP contribution in [0.4, 0.5) is 16.2 Å². The molecule has 2 amide bonds. The fourth-order valence-electron chi connectivity index (χ4n) is 4.90. The highest BCUT2D eigenvalue weighted by Crippen LogP contribution is 2.47. The summed E-state index contributed by atoms with van der Waals surface area (Å²) < 4.78 is 28.2. The minimum Gasteiger partial charge on any atom is -0.593 e. The Balaban J connectivity index is 1.31. The summed E-state index contributed by atoms with van der Waals surface area (Å²) in [5.74, 6) is -0.0135. The van der Waals surface area contributed by atoms with Gasteiger partial charge in [-0.3, -0.25) is 4.98 Å². The number of nitrogens with zero attached hydrogens (tertiary/aromatic N) is 3. The standard InChI is InChI=1S/C25H27N5O3S/c31-24(28-21-8-3-1-4-9-21)27-14-20-16-30(34(32,33)23-12-7-13-26-15-23)19-25(20)17-29(18-25)22-10-5-2-6-11-22/h1-13,15,20H,14,16-19H2,(H2-,27,28,31,32,33). The maximum Gasteiger partial charge on any atom is 0.319 e. The van der Waals surface area contributed by atoms with Gasteiger partial charge in [0, 0.05) is 55.1 Å². The summed E-state index contributed by atoms with van der Waals surface area (Å²) in [6.07, 6.45) is 2.95. The fraction of sp³-hybridized carbons (Fsp3) is 0.280. The second-order valence-corrected chi connectivity index (χ2v) is 10.9. The summed E-state index contributed by atoms with van der Waals surface area (Å²) in [4.78, 5) is 18.9. The third kappa shape index (κ3) is 4.42. The zero-order chi connectivity index (χ0) is 23.6. The van der Waals surface area contributed by atoms with Crippen LogP contribution < -0.4 is 15.5 Å². The summed E-state index contributed by atoms with van der Waals surface area (Å²) in [7, 11) is -3.66. The molecule has 2 unspecified atom stereocenters. The molecule has 2 atom stereocenters. The molecule has 2 N–H and O–H groups in total. The Labute approximate surface area is 200 Å². The lowest BCUT2D eigenvalue weighted by molar-refractivity contribution is 0.161. The van der Waals surface area contributed by atoms with Crippen LogP contribution in [0.15, 0.2) is 90.1 Å². The molecule has 0 aliphatic carbocycles. The summed E-state index contributed by atoms with van der Waals surface area (Å²) >= 11 is 0. The first-order valence-corrected chi connectivity index (χ1v) is 12.7. The SMILES string of the molecule is O=C(NCC1CN([S+](=O)([O-])c2cccnc2)CC12CN(c1ccccc1)C2)Nc1ccccc1. The molecule has 2 aliphatic heterocycles. The van der Waals surface area contributed by atoms with Crippen molar-refractivity contribution < 1.29 is 13.6 Å². The Morgan fingerprint density at radius 2 is 1.74 bits per heavy atom. The van der Waals surface area contributed by atoms with Crippen molar-refractivity contribution in [2.75, 3.05) is 42.9 Å². The first kappa shape index (κ1) is 22.5. The van der Waals surface area contributed by atoms with E-state index >= 15 is 0 Å². The summed E-state index contributed by atoms with van der Waals surface area (Å²) in [6.45, 7) is 2.64. The molecular weight excluding hydrogens is 450 g/mol. The number of pyridine rings is 1. The Kier molecular flexibility index (Phi) is 6.07. The van der Waals surface area contributed by atoms with Gasteiger partial charge in [0.15, 0.2) is 15.3 Å². The predicted octanol–water partition coefficient (Wildman–Crippen LogP) is 3.25. The van der Waals surface area contributed by atoms with Crippen LogP contribution in [-0.4, -0.2) is 52.6 Å². The lowest BCUT2D eigenvalue weighted by atomic mass is 9.71. The molecule has 1 spiro atoms. The van der Waals surface area contributed by atoms with Crippen LogP contribution in [0.2, 0.25) is 0 Å². The van der Waals surface area contributed by atoms with Crippen molar-refractivity contribution in [3.05, 3.63) is 85.2 Å². The molecule has 0 radical (unpaired) electrons. The van der Waals surface area contributed by atoms with E-state index in [9.17, 15) is 13.6 Å². The fourth-order valence-corrected chi connectivity index (χ4v) is 6.45. The van der Waals surface area contributed by atoms with Gasteiger partial charge in [0.1, 0.15) is 0 Å². The largest absolute Gasteiger partial charge is 0.593 e. The van der Waals surface area contributed by atoms with E-state index in [0.717, 1.165) is 18.8 Å². The molecule has 1 aromatic heterocycles. The van der Waals surface area contributed by atoms with Crippen LogP contribution in [0, 0.1) is 11.3 Å². The van der Waals surface area contributed by atoms with E-state index in [1.54, 1.807) is 22.6 Å². The minimum atomic E-state index is -3.66. The van der Waals surface area contributed by atoms with Crippen LogP contribution in [0.3, 0.4) is 0 Å². The average Bonchev–Trinajstić information content (AvgIpc) is 3.24. The topological polar surface area (TPSA) is 101 Å². The highest BCUT2D eigenvalue weighted by molar-refractivity contribution is 7.95. The molecule has 0 bridgehead atoms. The molecule has 2 aromatic carbocycles. The number of benzene rings is 2. The van der Waals surface area contributed by atoms with E-state index in [1.807, 2.05) is 48.5 Å². The van der Waals surface area contributed by atoms with Gasteiger partial charge in [-0.15, -0.1) is 4.31 Å². The summed E-state index contributed by atoms with van der Waals surface area (Å²) in [6, 6.07) is 22.3. The molecule has 5 rings (SSSR count). The molecule has 2 saturated heterocycles.